The summed E-state index contributed by atoms with van der Waals surface area (Å²) in [6.07, 6.45) is 3.50. The number of thiophene rings is 1. The van der Waals surface area contributed by atoms with Crippen LogP contribution in [0.3, 0.4) is 0 Å². The number of aromatic nitrogens is 4. The van der Waals surface area contributed by atoms with Crippen LogP contribution in [0.4, 0.5) is 5.95 Å². The molecular weight excluding hydrogens is 276 g/mol. The maximum Gasteiger partial charge on any atom is 0.241 e. The van der Waals surface area contributed by atoms with Crippen LogP contribution >= 0.6 is 11.3 Å². The molecule has 0 aromatic carbocycles. The van der Waals surface area contributed by atoms with Gasteiger partial charge in [0.15, 0.2) is 5.75 Å². The molecule has 8 heteroatoms. The Labute approximate surface area is 119 Å². The van der Waals surface area contributed by atoms with Crippen molar-refractivity contribution in [1.29, 1.82) is 0 Å². The van der Waals surface area contributed by atoms with E-state index in [9.17, 15) is 0 Å². The molecule has 3 aromatic heterocycles. The van der Waals surface area contributed by atoms with E-state index in [1.54, 1.807) is 6.20 Å². The molecule has 0 fully saturated rings. The molecule has 0 aliphatic rings. The minimum Gasteiger partial charge on any atom is -0.435 e. The fourth-order valence-corrected chi connectivity index (χ4v) is 2.49. The summed E-state index contributed by atoms with van der Waals surface area (Å²) in [6.45, 7) is 4.10. The molecule has 3 aromatic rings. The molecule has 3 rings (SSSR count). The van der Waals surface area contributed by atoms with Crippen molar-refractivity contribution < 1.29 is 4.74 Å². The van der Waals surface area contributed by atoms with Gasteiger partial charge < -0.3 is 4.74 Å². The first-order chi connectivity index (χ1) is 9.67. The first-order valence-corrected chi connectivity index (χ1v) is 6.99. The number of rotatable bonds is 4. The van der Waals surface area contributed by atoms with Crippen LogP contribution in [-0.2, 0) is 0 Å². The monoisotopic (exact) mass is 290 g/mol. The molecule has 20 heavy (non-hydrogen) atoms. The number of ether oxygens (including phenoxy) is 1. The van der Waals surface area contributed by atoms with Crippen LogP contribution in [-0.4, -0.2) is 19.7 Å². The summed E-state index contributed by atoms with van der Waals surface area (Å²) in [5.74, 6) is 6.80. The van der Waals surface area contributed by atoms with Gasteiger partial charge in [-0.3, -0.25) is 10.1 Å². The van der Waals surface area contributed by atoms with Gasteiger partial charge in [0, 0.05) is 6.04 Å². The zero-order valence-corrected chi connectivity index (χ0v) is 11.9. The largest absolute Gasteiger partial charge is 0.435 e. The topological polar surface area (TPSA) is 90.9 Å². The Morgan fingerprint density at radius 2 is 2.25 bits per heavy atom. The van der Waals surface area contributed by atoms with E-state index >= 15 is 0 Å². The zero-order chi connectivity index (χ0) is 14.1. The standard InChI is InChI=1S/C12H14N6OS/c1-7(2)18-6-8(5-14-18)19-10-9-3-4-20-11(9)16-12(15-10)17-13/h3-7H,13H2,1-2H3,(H,15,16,17). The Bertz CT molecular complexity index is 734. The lowest BCUT2D eigenvalue weighted by molar-refractivity contribution is 0.465. The maximum atomic E-state index is 5.80. The fraction of sp³-hybridized carbons (Fsp3) is 0.250. The zero-order valence-electron chi connectivity index (χ0n) is 11.1. The first kappa shape index (κ1) is 12.8. The highest BCUT2D eigenvalue weighted by Crippen LogP contribution is 2.31. The van der Waals surface area contributed by atoms with E-state index in [4.69, 9.17) is 10.6 Å². The molecule has 3 heterocycles. The van der Waals surface area contributed by atoms with E-state index < -0.39 is 0 Å². The molecule has 0 spiro atoms. The molecule has 0 radical (unpaired) electrons. The number of anilines is 1. The van der Waals surface area contributed by atoms with E-state index in [0.29, 0.717) is 17.6 Å². The highest BCUT2D eigenvalue weighted by Gasteiger charge is 2.12. The van der Waals surface area contributed by atoms with Crippen LogP contribution in [0.1, 0.15) is 19.9 Å². The number of nitrogens with zero attached hydrogens (tertiary/aromatic N) is 4. The molecule has 0 saturated carbocycles. The van der Waals surface area contributed by atoms with Gasteiger partial charge in [0.05, 0.1) is 17.8 Å². The van der Waals surface area contributed by atoms with Crippen molar-refractivity contribution in [2.45, 2.75) is 19.9 Å². The minimum absolute atomic E-state index is 0.278. The Morgan fingerprint density at radius 3 is 2.95 bits per heavy atom. The summed E-state index contributed by atoms with van der Waals surface area (Å²) in [5, 5.41) is 7.02. The third-order valence-electron chi connectivity index (χ3n) is 2.74. The third-order valence-corrected chi connectivity index (χ3v) is 3.55. The molecular formula is C12H14N6OS. The summed E-state index contributed by atoms with van der Waals surface area (Å²) in [5.41, 5.74) is 2.44. The van der Waals surface area contributed by atoms with E-state index in [1.165, 1.54) is 11.3 Å². The lowest BCUT2D eigenvalue weighted by atomic mass is 10.4. The Hall–Kier alpha value is -2.19. The molecule has 0 unspecified atom stereocenters. The Kier molecular flexibility index (Phi) is 3.25. The van der Waals surface area contributed by atoms with Gasteiger partial charge in [-0.2, -0.15) is 10.1 Å². The molecule has 0 aliphatic heterocycles. The smallest absolute Gasteiger partial charge is 0.241 e. The summed E-state index contributed by atoms with van der Waals surface area (Å²) in [6, 6.07) is 2.20. The predicted octanol–water partition coefficient (Wildman–Crippen LogP) is 2.55. The molecule has 3 N–H and O–H groups in total. The Morgan fingerprint density at radius 1 is 1.40 bits per heavy atom. The lowest BCUT2D eigenvalue weighted by Gasteiger charge is -2.06. The summed E-state index contributed by atoms with van der Waals surface area (Å²) >= 11 is 1.50. The second kappa shape index (κ2) is 5.06. The summed E-state index contributed by atoms with van der Waals surface area (Å²) in [4.78, 5) is 9.32. The second-order valence-electron chi connectivity index (χ2n) is 4.49. The minimum atomic E-state index is 0.278. The average Bonchev–Trinajstić information content (AvgIpc) is 3.06. The Balaban J connectivity index is 1.98. The van der Waals surface area contributed by atoms with E-state index in [-0.39, 0.29) is 6.04 Å². The number of hydrazine groups is 1. The van der Waals surface area contributed by atoms with E-state index in [1.807, 2.05) is 22.3 Å². The molecule has 0 bridgehead atoms. The normalized spacial score (nSPS) is 11.2. The third kappa shape index (κ3) is 2.30. The van der Waals surface area contributed by atoms with E-state index in [0.717, 1.165) is 10.2 Å². The molecule has 0 atom stereocenters. The van der Waals surface area contributed by atoms with Crippen molar-refractivity contribution in [3.63, 3.8) is 0 Å². The van der Waals surface area contributed by atoms with Gasteiger partial charge in [0.2, 0.25) is 11.8 Å². The number of nitrogens with two attached hydrogens (primary N) is 1. The number of hydrogen-bond donors (Lipinski definition) is 2. The van der Waals surface area contributed by atoms with Crippen LogP contribution in [0, 0.1) is 0 Å². The summed E-state index contributed by atoms with van der Waals surface area (Å²) < 4.78 is 7.62. The number of fused-ring (bicyclic) bond motifs is 1. The quantitative estimate of drug-likeness (QED) is 0.567. The second-order valence-corrected chi connectivity index (χ2v) is 5.38. The molecule has 0 aliphatic carbocycles. The van der Waals surface area contributed by atoms with Gasteiger partial charge in [0.25, 0.3) is 0 Å². The van der Waals surface area contributed by atoms with Crippen molar-refractivity contribution in [3.8, 4) is 11.6 Å². The van der Waals surface area contributed by atoms with Crippen molar-refractivity contribution in [2.75, 3.05) is 5.43 Å². The predicted molar refractivity (Wildman–Crippen MR) is 77.9 cm³/mol. The van der Waals surface area contributed by atoms with E-state index in [2.05, 4.69) is 34.3 Å². The molecule has 104 valence electrons. The number of hydrogen-bond acceptors (Lipinski definition) is 7. The van der Waals surface area contributed by atoms with Crippen molar-refractivity contribution in [1.82, 2.24) is 19.7 Å². The number of nitrogens with one attached hydrogen (secondary N) is 1. The SMILES string of the molecule is CC(C)n1cc(Oc2nc(NN)nc3sccc23)cn1. The van der Waals surface area contributed by atoms with Gasteiger partial charge in [-0.05, 0) is 25.3 Å². The van der Waals surface area contributed by atoms with Crippen LogP contribution in [0.25, 0.3) is 10.2 Å². The molecule has 0 saturated heterocycles. The van der Waals surface area contributed by atoms with Crippen molar-refractivity contribution in [3.05, 3.63) is 23.8 Å². The van der Waals surface area contributed by atoms with Gasteiger partial charge >= 0.3 is 0 Å². The first-order valence-electron chi connectivity index (χ1n) is 6.11. The highest BCUT2D eigenvalue weighted by atomic mass is 32.1. The average molecular weight is 290 g/mol. The van der Waals surface area contributed by atoms with Gasteiger partial charge in [-0.25, -0.2) is 10.8 Å². The van der Waals surface area contributed by atoms with Crippen LogP contribution in [0.15, 0.2) is 23.8 Å². The van der Waals surface area contributed by atoms with Crippen LogP contribution < -0.4 is 16.0 Å². The van der Waals surface area contributed by atoms with Gasteiger partial charge in [0.1, 0.15) is 4.83 Å². The fourth-order valence-electron chi connectivity index (χ4n) is 1.74. The summed E-state index contributed by atoms with van der Waals surface area (Å²) in [7, 11) is 0. The highest BCUT2D eigenvalue weighted by molar-refractivity contribution is 7.16. The lowest BCUT2D eigenvalue weighted by Crippen LogP contribution is -2.10. The molecule has 0 amide bonds. The van der Waals surface area contributed by atoms with Crippen LogP contribution in [0.5, 0.6) is 11.6 Å². The number of nitrogen functional groups attached to an aromatic ring is 1. The van der Waals surface area contributed by atoms with Crippen molar-refractivity contribution >= 4 is 27.5 Å². The van der Waals surface area contributed by atoms with Crippen LogP contribution in [0.2, 0.25) is 0 Å². The van der Waals surface area contributed by atoms with Gasteiger partial charge in [-0.15, -0.1) is 11.3 Å². The van der Waals surface area contributed by atoms with Crippen molar-refractivity contribution in [2.24, 2.45) is 5.84 Å². The molecule has 7 nitrogen and oxygen atoms in total. The maximum absolute atomic E-state index is 5.80. The van der Waals surface area contributed by atoms with Gasteiger partial charge in [-0.1, -0.05) is 0 Å².